The third kappa shape index (κ3) is 5.58. The fourth-order valence-corrected chi connectivity index (χ4v) is 3.02. The molecule has 0 aliphatic carbocycles. The maximum absolute atomic E-state index is 12.5. The fourth-order valence-electron chi connectivity index (χ4n) is 2.30. The Morgan fingerprint density at radius 2 is 1.63 bits per heavy atom. The SMILES string of the molecule is CC(C)OCc1ccccc1CNC(=O)c1ccc(S(=O)(=O)C(F)F)cc1. The van der Waals surface area contributed by atoms with Gasteiger partial charge in [0.15, 0.2) is 0 Å². The molecule has 146 valence electrons. The predicted octanol–water partition coefficient (Wildman–Crippen LogP) is 3.54. The standard InChI is InChI=1S/C19H21F2NO4S/c1-13(2)26-12-16-6-4-3-5-15(16)11-22-18(23)14-7-9-17(10-8-14)27(24,25)19(20)21/h3-10,13,19H,11-12H2,1-2H3,(H,22,23). The summed E-state index contributed by atoms with van der Waals surface area (Å²) in [6.07, 6.45) is 0.0793. The number of nitrogens with one attached hydrogen (secondary N) is 1. The Kier molecular flexibility index (Phi) is 7.04. The lowest BCUT2D eigenvalue weighted by atomic mass is 10.1. The molecule has 1 amide bonds. The van der Waals surface area contributed by atoms with Crippen LogP contribution < -0.4 is 5.32 Å². The van der Waals surface area contributed by atoms with Gasteiger partial charge in [0.2, 0.25) is 9.84 Å². The average molecular weight is 397 g/mol. The Bertz CT molecular complexity index is 881. The van der Waals surface area contributed by atoms with E-state index in [9.17, 15) is 22.0 Å². The van der Waals surface area contributed by atoms with E-state index in [0.29, 0.717) is 6.61 Å². The van der Waals surface area contributed by atoms with Crippen LogP contribution in [0.5, 0.6) is 0 Å². The van der Waals surface area contributed by atoms with E-state index in [1.54, 1.807) is 0 Å². The molecule has 2 rings (SSSR count). The summed E-state index contributed by atoms with van der Waals surface area (Å²) >= 11 is 0. The fraction of sp³-hybridized carbons (Fsp3) is 0.316. The first-order valence-corrected chi connectivity index (χ1v) is 9.85. The normalized spacial score (nSPS) is 11.8. The van der Waals surface area contributed by atoms with Crippen LogP contribution in [0.15, 0.2) is 53.4 Å². The average Bonchev–Trinajstić information content (AvgIpc) is 2.65. The molecule has 2 aromatic rings. The van der Waals surface area contributed by atoms with E-state index in [2.05, 4.69) is 5.32 Å². The molecular weight excluding hydrogens is 376 g/mol. The Morgan fingerprint density at radius 3 is 2.19 bits per heavy atom. The Labute approximate surface area is 157 Å². The molecule has 0 fully saturated rings. The minimum Gasteiger partial charge on any atom is -0.374 e. The molecule has 0 aliphatic rings. The molecule has 8 heteroatoms. The Balaban J connectivity index is 2.04. The van der Waals surface area contributed by atoms with Gasteiger partial charge in [-0.3, -0.25) is 4.79 Å². The molecule has 2 aromatic carbocycles. The van der Waals surface area contributed by atoms with E-state index in [-0.39, 0.29) is 18.2 Å². The molecule has 0 spiro atoms. The molecular formula is C19H21F2NO4S. The van der Waals surface area contributed by atoms with Gasteiger partial charge in [0, 0.05) is 12.1 Å². The maximum Gasteiger partial charge on any atom is 0.341 e. The molecule has 0 aliphatic heterocycles. The highest BCUT2D eigenvalue weighted by Gasteiger charge is 2.26. The molecule has 0 heterocycles. The summed E-state index contributed by atoms with van der Waals surface area (Å²) in [6, 6.07) is 11.9. The second-order valence-electron chi connectivity index (χ2n) is 6.14. The molecule has 0 saturated heterocycles. The number of ether oxygens (including phenoxy) is 1. The van der Waals surface area contributed by atoms with Gasteiger partial charge in [-0.05, 0) is 49.2 Å². The van der Waals surface area contributed by atoms with E-state index in [1.807, 2.05) is 38.1 Å². The molecule has 1 N–H and O–H groups in total. The summed E-state index contributed by atoms with van der Waals surface area (Å²) in [5.74, 6) is -3.93. The van der Waals surface area contributed by atoms with Gasteiger partial charge >= 0.3 is 5.76 Å². The Hall–Kier alpha value is -2.32. The van der Waals surface area contributed by atoms with Crippen molar-refractivity contribution in [1.82, 2.24) is 5.32 Å². The molecule has 0 bridgehead atoms. The van der Waals surface area contributed by atoms with Crippen LogP contribution in [0, 0.1) is 0 Å². The molecule has 0 atom stereocenters. The second kappa shape index (κ2) is 9.05. The van der Waals surface area contributed by atoms with Gasteiger partial charge in [-0.25, -0.2) is 8.42 Å². The van der Waals surface area contributed by atoms with Crippen LogP contribution >= 0.6 is 0 Å². The number of halogens is 2. The monoisotopic (exact) mass is 397 g/mol. The molecule has 27 heavy (non-hydrogen) atoms. The predicted molar refractivity (Wildman–Crippen MR) is 97.2 cm³/mol. The van der Waals surface area contributed by atoms with Crippen molar-refractivity contribution in [3.8, 4) is 0 Å². The van der Waals surface area contributed by atoms with Gasteiger partial charge in [-0.15, -0.1) is 0 Å². The highest BCUT2D eigenvalue weighted by molar-refractivity contribution is 7.91. The lowest BCUT2D eigenvalue weighted by Gasteiger charge is -2.13. The summed E-state index contributed by atoms with van der Waals surface area (Å²) in [6.45, 7) is 4.54. The van der Waals surface area contributed by atoms with Crippen LogP contribution in [0.3, 0.4) is 0 Å². The first-order chi connectivity index (χ1) is 12.7. The number of hydrogen-bond donors (Lipinski definition) is 1. The van der Waals surface area contributed by atoms with Crippen LogP contribution in [0.2, 0.25) is 0 Å². The van der Waals surface area contributed by atoms with Crippen LogP contribution in [0.4, 0.5) is 8.78 Å². The van der Waals surface area contributed by atoms with Crippen molar-refractivity contribution in [2.24, 2.45) is 0 Å². The van der Waals surface area contributed by atoms with Gasteiger partial charge in [0.25, 0.3) is 5.91 Å². The van der Waals surface area contributed by atoms with E-state index in [4.69, 9.17) is 4.74 Å². The summed E-state index contributed by atoms with van der Waals surface area (Å²) in [4.78, 5) is 11.7. The first-order valence-electron chi connectivity index (χ1n) is 8.30. The molecule has 0 unspecified atom stereocenters. The van der Waals surface area contributed by atoms with Crippen LogP contribution in [0.1, 0.15) is 35.3 Å². The lowest BCUT2D eigenvalue weighted by Crippen LogP contribution is -2.23. The highest BCUT2D eigenvalue weighted by atomic mass is 32.2. The van der Waals surface area contributed by atoms with Crippen molar-refractivity contribution in [2.45, 2.75) is 43.8 Å². The van der Waals surface area contributed by atoms with E-state index >= 15 is 0 Å². The number of rotatable bonds is 8. The molecule has 5 nitrogen and oxygen atoms in total. The van der Waals surface area contributed by atoms with Gasteiger partial charge < -0.3 is 10.1 Å². The lowest BCUT2D eigenvalue weighted by molar-refractivity contribution is 0.0651. The number of carbonyl (C=O) groups excluding carboxylic acids is 1. The van der Waals surface area contributed by atoms with Crippen molar-refractivity contribution in [3.05, 3.63) is 65.2 Å². The van der Waals surface area contributed by atoms with Crippen molar-refractivity contribution >= 4 is 15.7 Å². The Morgan fingerprint density at radius 1 is 1.04 bits per heavy atom. The topological polar surface area (TPSA) is 72.5 Å². The maximum atomic E-state index is 12.5. The van der Waals surface area contributed by atoms with Crippen molar-refractivity contribution < 1.29 is 26.7 Å². The zero-order valence-electron chi connectivity index (χ0n) is 15.0. The van der Waals surface area contributed by atoms with E-state index < -0.39 is 26.4 Å². The van der Waals surface area contributed by atoms with Gasteiger partial charge in [0.1, 0.15) is 0 Å². The highest BCUT2D eigenvalue weighted by Crippen LogP contribution is 2.19. The number of carbonyl (C=O) groups is 1. The third-order valence-corrected chi connectivity index (χ3v) is 5.21. The summed E-state index contributed by atoms with van der Waals surface area (Å²) in [5, 5.41) is 2.73. The summed E-state index contributed by atoms with van der Waals surface area (Å²) < 4.78 is 53.5. The smallest absolute Gasteiger partial charge is 0.341 e. The van der Waals surface area contributed by atoms with Gasteiger partial charge in [0.05, 0.1) is 17.6 Å². The molecule has 0 aromatic heterocycles. The molecule has 0 saturated carbocycles. The van der Waals surface area contributed by atoms with E-state index in [1.165, 1.54) is 12.1 Å². The van der Waals surface area contributed by atoms with Crippen molar-refractivity contribution in [3.63, 3.8) is 0 Å². The second-order valence-corrected chi connectivity index (χ2v) is 8.06. The minimum atomic E-state index is -4.67. The number of benzene rings is 2. The first kappa shape index (κ1) is 21.0. The zero-order chi connectivity index (χ0) is 20.0. The van der Waals surface area contributed by atoms with E-state index in [0.717, 1.165) is 23.3 Å². The molecule has 0 radical (unpaired) electrons. The van der Waals surface area contributed by atoms with Crippen LogP contribution in [-0.2, 0) is 27.7 Å². The zero-order valence-corrected chi connectivity index (χ0v) is 15.8. The van der Waals surface area contributed by atoms with Gasteiger partial charge in [-0.1, -0.05) is 24.3 Å². The largest absolute Gasteiger partial charge is 0.374 e. The number of hydrogen-bond acceptors (Lipinski definition) is 4. The third-order valence-electron chi connectivity index (χ3n) is 3.81. The van der Waals surface area contributed by atoms with Crippen LogP contribution in [0.25, 0.3) is 0 Å². The quantitative estimate of drug-likeness (QED) is 0.740. The minimum absolute atomic E-state index is 0.0793. The number of alkyl halides is 2. The summed E-state index contributed by atoms with van der Waals surface area (Å²) in [5.41, 5.74) is 2.02. The van der Waals surface area contributed by atoms with Gasteiger partial charge in [-0.2, -0.15) is 8.78 Å². The number of amides is 1. The van der Waals surface area contributed by atoms with Crippen molar-refractivity contribution in [2.75, 3.05) is 0 Å². The van der Waals surface area contributed by atoms with Crippen molar-refractivity contribution in [1.29, 1.82) is 0 Å². The number of sulfone groups is 1. The van der Waals surface area contributed by atoms with Crippen LogP contribution in [-0.4, -0.2) is 26.2 Å². The summed E-state index contributed by atoms with van der Waals surface area (Å²) in [7, 11) is -4.67.